The number of methoxy groups -OCH3 is 1. The molecule has 1 aromatic heterocycles. The van der Waals surface area contributed by atoms with Gasteiger partial charge in [-0.05, 0) is 46.4 Å². The Bertz CT molecular complexity index is 953. The van der Waals surface area contributed by atoms with Crippen LogP contribution in [0, 0.1) is 3.57 Å². The highest BCUT2D eigenvalue weighted by Gasteiger charge is 2.24. The van der Waals surface area contributed by atoms with Gasteiger partial charge in [-0.3, -0.25) is 9.78 Å². The van der Waals surface area contributed by atoms with Crippen molar-refractivity contribution in [3.05, 3.63) is 75.5 Å². The van der Waals surface area contributed by atoms with E-state index in [4.69, 9.17) is 4.74 Å². The van der Waals surface area contributed by atoms with E-state index >= 15 is 0 Å². The Morgan fingerprint density at radius 2 is 1.88 bits per heavy atom. The monoisotopic (exact) mass is 460 g/mol. The molecule has 0 aliphatic carbocycles. The second-order valence-corrected chi connectivity index (χ2v) is 6.89. The number of pyridine rings is 1. The molecule has 26 heavy (non-hydrogen) atoms. The van der Waals surface area contributed by atoms with Crippen LogP contribution < -0.4 is 5.32 Å². The number of rotatable bonds is 5. The molecule has 1 heterocycles. The number of benzene rings is 2. The zero-order valence-corrected chi connectivity index (χ0v) is 16.3. The van der Waals surface area contributed by atoms with Gasteiger partial charge >= 0.3 is 5.97 Å². The first-order chi connectivity index (χ1) is 12.6. The minimum atomic E-state index is -0.776. The summed E-state index contributed by atoms with van der Waals surface area (Å²) >= 11 is 2.21. The summed E-state index contributed by atoms with van der Waals surface area (Å²) in [4.78, 5) is 29.3. The number of hydrogen-bond donors (Lipinski definition) is 1. The van der Waals surface area contributed by atoms with E-state index in [0.717, 1.165) is 14.5 Å². The molecule has 0 aliphatic heterocycles. The molecule has 0 radical (unpaired) electrons. The first-order valence-corrected chi connectivity index (χ1v) is 9.14. The minimum Gasteiger partial charge on any atom is -0.467 e. The van der Waals surface area contributed by atoms with Crippen molar-refractivity contribution in [2.24, 2.45) is 0 Å². The molecule has 2 aromatic carbocycles. The van der Waals surface area contributed by atoms with Gasteiger partial charge in [-0.1, -0.05) is 36.4 Å². The van der Waals surface area contributed by atoms with Gasteiger partial charge in [-0.25, -0.2) is 4.79 Å². The van der Waals surface area contributed by atoms with Crippen LogP contribution in [0.15, 0.2) is 60.8 Å². The molecule has 0 saturated carbocycles. The quantitative estimate of drug-likeness (QED) is 0.469. The SMILES string of the molecule is COC(=O)[C@H](Cc1ccccc1I)NC(=O)c1cccc2cccnc12. The number of aromatic nitrogens is 1. The Kier molecular flexibility index (Phi) is 5.82. The first kappa shape index (κ1) is 18.3. The molecule has 0 aliphatic rings. The Hall–Kier alpha value is -2.48. The number of nitrogens with one attached hydrogen (secondary N) is 1. The maximum Gasteiger partial charge on any atom is 0.328 e. The molecule has 3 aromatic rings. The number of carbonyl (C=O) groups is 2. The van der Waals surface area contributed by atoms with E-state index in [-0.39, 0.29) is 5.91 Å². The molecule has 1 atom stereocenters. The number of amides is 1. The summed E-state index contributed by atoms with van der Waals surface area (Å²) in [6.45, 7) is 0. The molecule has 1 amide bonds. The van der Waals surface area contributed by atoms with Gasteiger partial charge in [-0.15, -0.1) is 0 Å². The van der Waals surface area contributed by atoms with Crippen LogP contribution in [0.25, 0.3) is 10.9 Å². The van der Waals surface area contributed by atoms with E-state index in [1.54, 1.807) is 18.3 Å². The lowest BCUT2D eigenvalue weighted by molar-refractivity contribution is -0.142. The van der Waals surface area contributed by atoms with Crippen molar-refractivity contribution in [2.45, 2.75) is 12.5 Å². The van der Waals surface area contributed by atoms with Gasteiger partial charge in [-0.2, -0.15) is 0 Å². The Morgan fingerprint density at radius 1 is 1.12 bits per heavy atom. The van der Waals surface area contributed by atoms with E-state index < -0.39 is 12.0 Å². The average Bonchev–Trinajstić information content (AvgIpc) is 2.67. The number of hydrogen-bond acceptors (Lipinski definition) is 4. The number of ether oxygens (including phenoxy) is 1. The van der Waals surface area contributed by atoms with Crippen LogP contribution in [0.2, 0.25) is 0 Å². The third-order valence-corrected chi connectivity index (χ3v) is 5.10. The van der Waals surface area contributed by atoms with E-state index in [9.17, 15) is 9.59 Å². The Balaban J connectivity index is 1.88. The summed E-state index contributed by atoms with van der Waals surface area (Å²) < 4.78 is 5.90. The van der Waals surface area contributed by atoms with Crippen LogP contribution in [0.4, 0.5) is 0 Å². The third-order valence-electron chi connectivity index (χ3n) is 4.05. The fraction of sp³-hybridized carbons (Fsp3) is 0.150. The molecule has 0 saturated heterocycles. The van der Waals surface area contributed by atoms with Gasteiger partial charge in [0.15, 0.2) is 0 Å². The van der Waals surface area contributed by atoms with Gasteiger partial charge in [0.05, 0.1) is 18.2 Å². The lowest BCUT2D eigenvalue weighted by Crippen LogP contribution is -2.43. The summed E-state index contributed by atoms with van der Waals surface area (Å²) in [6, 6.07) is 16.1. The van der Waals surface area contributed by atoms with E-state index in [1.807, 2.05) is 42.5 Å². The molecule has 3 rings (SSSR count). The highest BCUT2D eigenvalue weighted by molar-refractivity contribution is 14.1. The molecule has 1 N–H and O–H groups in total. The number of nitrogens with zero attached hydrogens (tertiary/aromatic N) is 1. The maximum absolute atomic E-state index is 12.8. The van der Waals surface area contributed by atoms with Crippen molar-refractivity contribution in [1.82, 2.24) is 10.3 Å². The van der Waals surface area contributed by atoms with Gasteiger partial charge in [0.25, 0.3) is 5.91 Å². The molecule has 6 heteroatoms. The largest absolute Gasteiger partial charge is 0.467 e. The van der Waals surface area contributed by atoms with E-state index in [2.05, 4.69) is 32.9 Å². The summed E-state index contributed by atoms with van der Waals surface area (Å²) in [7, 11) is 1.32. The topological polar surface area (TPSA) is 68.3 Å². The van der Waals surface area contributed by atoms with Crippen molar-refractivity contribution in [2.75, 3.05) is 7.11 Å². The van der Waals surface area contributed by atoms with Gasteiger partial charge in [0, 0.05) is 21.6 Å². The summed E-state index contributed by atoms with van der Waals surface area (Å²) in [5.41, 5.74) is 2.00. The fourth-order valence-electron chi connectivity index (χ4n) is 2.74. The normalized spacial score (nSPS) is 11.8. The van der Waals surface area contributed by atoms with Crippen molar-refractivity contribution in [3.8, 4) is 0 Å². The minimum absolute atomic E-state index is 0.351. The smallest absolute Gasteiger partial charge is 0.328 e. The summed E-state index contributed by atoms with van der Waals surface area (Å²) in [5.74, 6) is -0.832. The number of carbonyl (C=O) groups excluding carboxylic acids is 2. The highest BCUT2D eigenvalue weighted by Crippen LogP contribution is 2.17. The van der Waals surface area contributed by atoms with Crippen molar-refractivity contribution < 1.29 is 14.3 Å². The number of esters is 1. The molecular formula is C20H17IN2O3. The zero-order chi connectivity index (χ0) is 18.5. The van der Waals surface area contributed by atoms with Gasteiger partial charge in [0.2, 0.25) is 0 Å². The second kappa shape index (κ2) is 8.27. The van der Waals surface area contributed by atoms with E-state index in [0.29, 0.717) is 17.5 Å². The number of fused-ring (bicyclic) bond motifs is 1. The van der Waals surface area contributed by atoms with Crippen LogP contribution >= 0.6 is 22.6 Å². The second-order valence-electron chi connectivity index (χ2n) is 5.73. The molecule has 132 valence electrons. The van der Waals surface area contributed by atoms with Crippen LogP contribution in [-0.4, -0.2) is 30.0 Å². The van der Waals surface area contributed by atoms with Crippen molar-refractivity contribution >= 4 is 45.4 Å². The van der Waals surface area contributed by atoms with Gasteiger partial charge < -0.3 is 10.1 Å². The van der Waals surface area contributed by atoms with Crippen LogP contribution in [0.1, 0.15) is 15.9 Å². The molecule has 0 bridgehead atoms. The summed E-state index contributed by atoms with van der Waals surface area (Å²) in [6.07, 6.45) is 2.00. The zero-order valence-electron chi connectivity index (χ0n) is 14.1. The third kappa shape index (κ3) is 4.01. The number of halogens is 1. The predicted octanol–water partition coefficient (Wildman–Crippen LogP) is 3.35. The fourth-order valence-corrected chi connectivity index (χ4v) is 3.35. The Labute approximate surface area is 164 Å². The number of para-hydroxylation sites is 1. The molecule has 0 spiro atoms. The molecule has 5 nitrogen and oxygen atoms in total. The van der Waals surface area contributed by atoms with Crippen LogP contribution in [0.3, 0.4) is 0 Å². The molecular weight excluding hydrogens is 443 g/mol. The maximum atomic E-state index is 12.8. The highest BCUT2D eigenvalue weighted by atomic mass is 127. The summed E-state index contributed by atoms with van der Waals surface area (Å²) in [5, 5.41) is 3.66. The standard InChI is InChI=1S/C20H17IN2O3/c1-26-20(25)17(12-14-6-2-3-10-16(14)21)23-19(24)15-9-4-7-13-8-5-11-22-18(13)15/h2-11,17H,12H2,1H3,(H,23,24)/t17-/m0/s1. The van der Waals surface area contributed by atoms with E-state index in [1.165, 1.54) is 7.11 Å². The lowest BCUT2D eigenvalue weighted by atomic mass is 10.0. The Morgan fingerprint density at radius 3 is 2.65 bits per heavy atom. The molecule has 0 unspecified atom stereocenters. The average molecular weight is 460 g/mol. The van der Waals surface area contributed by atoms with Crippen molar-refractivity contribution in [3.63, 3.8) is 0 Å². The first-order valence-electron chi connectivity index (χ1n) is 8.06. The lowest BCUT2D eigenvalue weighted by Gasteiger charge is -2.18. The van der Waals surface area contributed by atoms with Crippen LogP contribution in [-0.2, 0) is 16.0 Å². The predicted molar refractivity (Wildman–Crippen MR) is 108 cm³/mol. The van der Waals surface area contributed by atoms with Crippen LogP contribution in [0.5, 0.6) is 0 Å². The van der Waals surface area contributed by atoms with Gasteiger partial charge in [0.1, 0.15) is 6.04 Å². The molecule has 0 fully saturated rings. The van der Waals surface area contributed by atoms with Crippen molar-refractivity contribution in [1.29, 1.82) is 0 Å².